The molecule has 0 fully saturated rings. The number of phenols is 1. The van der Waals surface area contributed by atoms with Crippen LogP contribution in [0.4, 0.5) is 5.69 Å². The van der Waals surface area contributed by atoms with Crippen molar-refractivity contribution in [1.82, 2.24) is 0 Å². The number of halogens is 2. The fourth-order valence-corrected chi connectivity index (χ4v) is 2.94. The highest BCUT2D eigenvalue weighted by molar-refractivity contribution is 14.1. The number of nitro benzene ring substituents is 1. The molecule has 0 aliphatic heterocycles. The number of hydrogen-bond donors (Lipinski definition) is 2. The third kappa shape index (κ3) is 2.30. The summed E-state index contributed by atoms with van der Waals surface area (Å²) in [4.78, 5) is 20.5. The molecule has 0 atom stereocenters. The van der Waals surface area contributed by atoms with Gasteiger partial charge in [-0.1, -0.05) is 0 Å². The van der Waals surface area contributed by atoms with Crippen LogP contribution in [-0.2, 0) is 0 Å². The SMILES string of the molecule is O=C(O)c1c(I)cc(I)c(O)c1[N+](=O)[O-]. The lowest BCUT2D eigenvalue weighted by atomic mass is 10.1. The number of carboxylic acids is 1. The molecular formula is C7H3I2NO5. The Hall–Kier alpha value is -0.650. The van der Waals surface area contributed by atoms with E-state index in [1.165, 1.54) is 6.07 Å². The van der Waals surface area contributed by atoms with Crippen LogP contribution < -0.4 is 0 Å². The average Bonchev–Trinajstić information content (AvgIpc) is 2.09. The zero-order chi connectivity index (χ0) is 11.7. The van der Waals surface area contributed by atoms with Crippen LogP contribution >= 0.6 is 45.2 Å². The lowest BCUT2D eigenvalue weighted by Crippen LogP contribution is -2.06. The van der Waals surface area contributed by atoms with Gasteiger partial charge in [0.25, 0.3) is 0 Å². The van der Waals surface area contributed by atoms with Crippen LogP contribution in [0.1, 0.15) is 10.4 Å². The second-order valence-electron chi connectivity index (χ2n) is 2.47. The number of rotatable bonds is 2. The summed E-state index contributed by atoms with van der Waals surface area (Å²) in [7, 11) is 0. The van der Waals surface area contributed by atoms with Crippen LogP contribution in [0.15, 0.2) is 6.07 Å². The minimum Gasteiger partial charge on any atom is -0.501 e. The van der Waals surface area contributed by atoms with E-state index >= 15 is 0 Å². The first-order valence-corrected chi connectivity index (χ1v) is 5.60. The molecular weight excluding hydrogens is 432 g/mol. The predicted molar refractivity (Wildman–Crippen MR) is 67.2 cm³/mol. The van der Waals surface area contributed by atoms with Crippen molar-refractivity contribution in [2.24, 2.45) is 0 Å². The van der Waals surface area contributed by atoms with Gasteiger partial charge < -0.3 is 10.2 Å². The Morgan fingerprint density at radius 3 is 2.33 bits per heavy atom. The number of phenolic OH excluding ortho intramolecular Hbond substituents is 1. The first kappa shape index (κ1) is 12.4. The molecule has 0 aliphatic rings. The largest absolute Gasteiger partial charge is 0.501 e. The molecule has 2 N–H and O–H groups in total. The van der Waals surface area contributed by atoms with Crippen LogP contribution in [0.2, 0.25) is 0 Å². The van der Waals surface area contributed by atoms with Crippen molar-refractivity contribution in [3.63, 3.8) is 0 Å². The Bertz CT molecular complexity index is 459. The van der Waals surface area contributed by atoms with Crippen LogP contribution in [0.3, 0.4) is 0 Å². The normalized spacial score (nSPS) is 10.0. The minimum atomic E-state index is -1.43. The van der Waals surface area contributed by atoms with E-state index in [0.717, 1.165) is 0 Å². The number of aromatic carboxylic acids is 1. The number of hydrogen-bond acceptors (Lipinski definition) is 4. The van der Waals surface area contributed by atoms with Crippen molar-refractivity contribution < 1.29 is 19.9 Å². The van der Waals surface area contributed by atoms with E-state index in [1.807, 2.05) is 0 Å². The highest BCUT2D eigenvalue weighted by Gasteiger charge is 2.29. The summed E-state index contributed by atoms with van der Waals surface area (Å²) in [5, 5.41) is 28.8. The molecule has 0 spiro atoms. The fourth-order valence-electron chi connectivity index (χ4n) is 0.978. The standard InChI is InChI=1S/C7H3I2NO5/c8-2-1-3(9)6(11)5(10(14)15)4(2)7(12)13/h1,11H,(H,12,13). The van der Waals surface area contributed by atoms with Crippen molar-refractivity contribution in [3.8, 4) is 5.75 Å². The number of aromatic hydroxyl groups is 1. The van der Waals surface area contributed by atoms with Crippen LogP contribution in [-0.4, -0.2) is 21.1 Å². The number of nitro groups is 1. The van der Waals surface area contributed by atoms with Gasteiger partial charge in [-0.05, 0) is 51.2 Å². The van der Waals surface area contributed by atoms with Gasteiger partial charge in [-0.2, -0.15) is 0 Å². The molecule has 6 nitrogen and oxygen atoms in total. The van der Waals surface area contributed by atoms with Crippen molar-refractivity contribution in [2.75, 3.05) is 0 Å². The summed E-state index contributed by atoms with van der Waals surface area (Å²) in [6.45, 7) is 0. The van der Waals surface area contributed by atoms with Crippen LogP contribution in [0.5, 0.6) is 5.75 Å². The van der Waals surface area contributed by atoms with Gasteiger partial charge in [0.05, 0.1) is 8.49 Å². The summed E-state index contributed by atoms with van der Waals surface area (Å²) in [6, 6.07) is 1.37. The molecule has 15 heavy (non-hydrogen) atoms. The fraction of sp³-hybridized carbons (Fsp3) is 0. The molecule has 1 aromatic rings. The Morgan fingerprint density at radius 2 is 1.93 bits per heavy atom. The number of carbonyl (C=O) groups is 1. The molecule has 1 aromatic carbocycles. The zero-order valence-corrected chi connectivity index (χ0v) is 11.2. The van der Waals surface area contributed by atoms with Gasteiger partial charge in [0.15, 0.2) is 5.56 Å². The maximum absolute atomic E-state index is 10.8. The third-order valence-electron chi connectivity index (χ3n) is 1.58. The summed E-state index contributed by atoms with van der Waals surface area (Å²) in [5.74, 6) is -2.05. The van der Waals surface area contributed by atoms with Gasteiger partial charge in [-0.3, -0.25) is 10.1 Å². The van der Waals surface area contributed by atoms with Gasteiger partial charge in [-0.15, -0.1) is 0 Å². The number of nitrogens with zero attached hydrogens (tertiary/aromatic N) is 1. The average molecular weight is 435 g/mol. The van der Waals surface area contributed by atoms with E-state index in [4.69, 9.17) is 5.11 Å². The van der Waals surface area contributed by atoms with E-state index in [0.29, 0.717) is 0 Å². The molecule has 0 saturated carbocycles. The van der Waals surface area contributed by atoms with Gasteiger partial charge in [0.2, 0.25) is 5.75 Å². The Kier molecular flexibility index (Phi) is 3.70. The van der Waals surface area contributed by atoms with E-state index in [-0.39, 0.29) is 7.14 Å². The number of benzene rings is 1. The Morgan fingerprint density at radius 1 is 1.40 bits per heavy atom. The Balaban J connectivity index is 3.69. The van der Waals surface area contributed by atoms with Gasteiger partial charge in [-0.25, -0.2) is 4.79 Å². The molecule has 80 valence electrons. The van der Waals surface area contributed by atoms with Crippen LogP contribution in [0.25, 0.3) is 0 Å². The zero-order valence-electron chi connectivity index (χ0n) is 6.90. The van der Waals surface area contributed by atoms with E-state index in [9.17, 15) is 20.0 Å². The maximum Gasteiger partial charge on any atom is 0.343 e. The highest BCUT2D eigenvalue weighted by atomic mass is 127. The van der Waals surface area contributed by atoms with Gasteiger partial charge in [0.1, 0.15) is 0 Å². The molecule has 8 heteroatoms. The van der Waals surface area contributed by atoms with Crippen molar-refractivity contribution in [2.45, 2.75) is 0 Å². The first-order chi connectivity index (χ1) is 6.86. The molecule has 0 radical (unpaired) electrons. The van der Waals surface area contributed by atoms with E-state index in [2.05, 4.69) is 0 Å². The molecule has 0 unspecified atom stereocenters. The quantitative estimate of drug-likeness (QED) is 0.422. The monoisotopic (exact) mass is 435 g/mol. The van der Waals surface area contributed by atoms with E-state index in [1.54, 1.807) is 45.2 Å². The first-order valence-electron chi connectivity index (χ1n) is 3.45. The second-order valence-corrected chi connectivity index (χ2v) is 4.80. The topological polar surface area (TPSA) is 101 Å². The second kappa shape index (κ2) is 4.47. The predicted octanol–water partition coefficient (Wildman–Crippen LogP) is 2.21. The highest BCUT2D eigenvalue weighted by Crippen LogP contribution is 2.37. The van der Waals surface area contributed by atoms with Crippen molar-refractivity contribution in [3.05, 3.63) is 28.9 Å². The smallest absolute Gasteiger partial charge is 0.343 e. The number of carboxylic acid groups (broad SMARTS) is 1. The Labute approximate surface area is 111 Å². The molecule has 0 aliphatic carbocycles. The van der Waals surface area contributed by atoms with Crippen LogP contribution in [0, 0.1) is 17.3 Å². The molecule has 0 bridgehead atoms. The lowest BCUT2D eigenvalue weighted by molar-refractivity contribution is -0.386. The molecule has 0 heterocycles. The lowest BCUT2D eigenvalue weighted by Gasteiger charge is -2.04. The van der Waals surface area contributed by atoms with Gasteiger partial charge in [0, 0.05) is 3.57 Å². The summed E-state index contributed by atoms with van der Waals surface area (Å²) >= 11 is 3.37. The van der Waals surface area contributed by atoms with E-state index < -0.39 is 27.9 Å². The van der Waals surface area contributed by atoms with Crippen molar-refractivity contribution in [1.29, 1.82) is 0 Å². The summed E-state index contributed by atoms with van der Waals surface area (Å²) < 4.78 is 0.461. The molecule has 1 rings (SSSR count). The minimum absolute atomic E-state index is 0.217. The molecule has 0 amide bonds. The third-order valence-corrected chi connectivity index (χ3v) is 3.25. The molecule has 0 saturated heterocycles. The maximum atomic E-state index is 10.8. The molecule has 0 aromatic heterocycles. The summed E-state index contributed by atoms with van der Waals surface area (Å²) in [5.41, 5.74) is -1.25. The van der Waals surface area contributed by atoms with Crippen molar-refractivity contribution >= 4 is 56.8 Å². The summed E-state index contributed by atoms with van der Waals surface area (Å²) in [6.07, 6.45) is 0. The van der Waals surface area contributed by atoms with Gasteiger partial charge >= 0.3 is 11.7 Å².